The van der Waals surface area contributed by atoms with Crippen LogP contribution in [0.4, 0.5) is 4.39 Å². The van der Waals surface area contributed by atoms with Gasteiger partial charge in [0.25, 0.3) is 0 Å². The Hall–Kier alpha value is -1.72. The van der Waals surface area contributed by atoms with E-state index in [2.05, 4.69) is 11.5 Å². The van der Waals surface area contributed by atoms with Crippen LogP contribution in [0.3, 0.4) is 0 Å². The number of fused-ring (bicyclic) bond motifs is 1. The molecule has 3 rings (SSSR count). The molecule has 1 aromatic heterocycles. The summed E-state index contributed by atoms with van der Waals surface area (Å²) in [5.41, 5.74) is 3.58. The maximum absolute atomic E-state index is 12.9. The molecular weight excluding hydrogens is 281 g/mol. The second kappa shape index (κ2) is 7.03. The molecule has 0 radical (unpaired) electrons. The predicted octanol–water partition coefficient (Wildman–Crippen LogP) is 2.84. The van der Waals surface area contributed by atoms with Crippen molar-refractivity contribution in [2.24, 2.45) is 0 Å². The molecule has 0 amide bonds. The van der Waals surface area contributed by atoms with Crippen LogP contribution in [-0.4, -0.2) is 23.5 Å². The minimum atomic E-state index is -0.194. The van der Waals surface area contributed by atoms with Crippen LogP contribution in [0.25, 0.3) is 0 Å². The molecule has 0 spiro atoms. The number of hydrogen-bond donors (Lipinski definition) is 1. The normalized spacial score (nSPS) is 17.5. The van der Waals surface area contributed by atoms with Gasteiger partial charge in [0.2, 0.25) is 0 Å². The van der Waals surface area contributed by atoms with E-state index < -0.39 is 0 Å². The third-order valence-electron chi connectivity index (χ3n) is 4.13. The van der Waals surface area contributed by atoms with E-state index in [9.17, 15) is 4.39 Å². The lowest BCUT2D eigenvalue weighted by Gasteiger charge is -2.22. The molecule has 0 fully saturated rings. The molecule has 1 N–H and O–H groups in total. The zero-order valence-corrected chi connectivity index (χ0v) is 12.9. The first-order valence-corrected chi connectivity index (χ1v) is 7.79. The zero-order valence-electron chi connectivity index (χ0n) is 12.9. The quantitative estimate of drug-likeness (QED) is 0.892. The van der Waals surface area contributed by atoms with Crippen LogP contribution in [0.5, 0.6) is 0 Å². The van der Waals surface area contributed by atoms with Gasteiger partial charge in [0.15, 0.2) is 0 Å². The Morgan fingerprint density at radius 1 is 1.36 bits per heavy atom. The highest BCUT2D eigenvalue weighted by atomic mass is 19.1. The Morgan fingerprint density at radius 2 is 2.18 bits per heavy atom. The minimum absolute atomic E-state index is 0.194. The first-order chi connectivity index (χ1) is 10.8. The second-order valence-corrected chi connectivity index (χ2v) is 5.75. The predicted molar refractivity (Wildman–Crippen MR) is 83.0 cm³/mol. The van der Waals surface area contributed by atoms with Crippen molar-refractivity contribution in [2.75, 3.05) is 13.7 Å². The van der Waals surface area contributed by atoms with Crippen molar-refractivity contribution in [3.63, 3.8) is 0 Å². The number of aryl methyl sites for hydroxylation is 1. The van der Waals surface area contributed by atoms with Gasteiger partial charge < -0.3 is 10.1 Å². The van der Waals surface area contributed by atoms with Crippen LogP contribution >= 0.6 is 0 Å². The molecule has 1 aliphatic rings. The third kappa shape index (κ3) is 3.54. The van der Waals surface area contributed by atoms with Gasteiger partial charge in [-0.1, -0.05) is 12.1 Å². The summed E-state index contributed by atoms with van der Waals surface area (Å²) < 4.78 is 20.0. The van der Waals surface area contributed by atoms with Crippen molar-refractivity contribution in [3.8, 4) is 0 Å². The summed E-state index contributed by atoms with van der Waals surface area (Å²) in [4.78, 5) is 0. The van der Waals surface area contributed by atoms with Crippen molar-refractivity contribution in [1.29, 1.82) is 0 Å². The molecule has 0 unspecified atom stereocenters. The van der Waals surface area contributed by atoms with E-state index in [-0.39, 0.29) is 11.9 Å². The highest BCUT2D eigenvalue weighted by molar-refractivity contribution is 5.24. The molecule has 5 heteroatoms. The molecule has 1 heterocycles. The number of nitrogens with one attached hydrogen (secondary N) is 1. The molecule has 0 bridgehead atoms. The highest BCUT2D eigenvalue weighted by Gasteiger charge is 2.23. The fourth-order valence-electron chi connectivity index (χ4n) is 2.94. The first kappa shape index (κ1) is 15.2. The molecule has 22 heavy (non-hydrogen) atoms. The monoisotopic (exact) mass is 303 g/mol. The van der Waals surface area contributed by atoms with Gasteiger partial charge in [0.1, 0.15) is 5.82 Å². The summed E-state index contributed by atoms with van der Waals surface area (Å²) >= 11 is 0. The lowest BCUT2D eigenvalue weighted by molar-refractivity contribution is 0.183. The molecule has 0 aliphatic heterocycles. The number of hydrogen-bond acceptors (Lipinski definition) is 3. The van der Waals surface area contributed by atoms with Crippen LogP contribution < -0.4 is 5.32 Å². The summed E-state index contributed by atoms with van der Waals surface area (Å²) in [5, 5.41) is 8.26. The van der Waals surface area contributed by atoms with E-state index in [0.29, 0.717) is 6.61 Å². The van der Waals surface area contributed by atoms with Crippen LogP contribution in [-0.2, 0) is 24.2 Å². The average molecular weight is 303 g/mol. The Kier molecular flexibility index (Phi) is 4.85. The second-order valence-electron chi connectivity index (χ2n) is 5.75. The smallest absolute Gasteiger partial charge is 0.123 e. The van der Waals surface area contributed by atoms with Gasteiger partial charge in [-0.3, -0.25) is 4.68 Å². The standard InChI is InChI=1S/C17H22FN3O/c1-22-10-9-21-12-14-3-2-4-16(17(14)20-21)19-11-13-5-7-15(18)8-6-13/h5-8,12,16,19H,2-4,9-11H2,1H3/t16-/m0/s1. The summed E-state index contributed by atoms with van der Waals surface area (Å²) in [7, 11) is 1.70. The van der Waals surface area contributed by atoms with Gasteiger partial charge in [-0.2, -0.15) is 5.10 Å². The molecule has 0 saturated heterocycles. The Balaban J connectivity index is 1.65. The van der Waals surface area contributed by atoms with Gasteiger partial charge >= 0.3 is 0 Å². The topological polar surface area (TPSA) is 39.1 Å². The largest absolute Gasteiger partial charge is 0.383 e. The number of nitrogens with zero attached hydrogens (tertiary/aromatic N) is 2. The van der Waals surface area contributed by atoms with Crippen molar-refractivity contribution in [2.45, 2.75) is 38.4 Å². The number of methoxy groups -OCH3 is 1. The zero-order chi connectivity index (χ0) is 15.4. The molecule has 118 valence electrons. The highest BCUT2D eigenvalue weighted by Crippen LogP contribution is 2.28. The molecule has 1 aliphatic carbocycles. The van der Waals surface area contributed by atoms with Crippen molar-refractivity contribution >= 4 is 0 Å². The molecule has 4 nitrogen and oxygen atoms in total. The van der Waals surface area contributed by atoms with Crippen molar-refractivity contribution in [1.82, 2.24) is 15.1 Å². The van der Waals surface area contributed by atoms with Crippen molar-refractivity contribution in [3.05, 3.63) is 53.1 Å². The maximum atomic E-state index is 12.9. The van der Waals surface area contributed by atoms with Crippen molar-refractivity contribution < 1.29 is 9.13 Å². The summed E-state index contributed by atoms with van der Waals surface area (Å²) in [6, 6.07) is 6.93. The van der Waals surface area contributed by atoms with Gasteiger partial charge in [-0.15, -0.1) is 0 Å². The lowest BCUT2D eigenvalue weighted by atomic mass is 9.93. The average Bonchev–Trinajstić information content (AvgIpc) is 2.96. The van der Waals surface area contributed by atoms with E-state index in [1.54, 1.807) is 7.11 Å². The maximum Gasteiger partial charge on any atom is 0.123 e. The molecular formula is C17H22FN3O. The fraction of sp³-hybridized carbons (Fsp3) is 0.471. The van der Waals surface area contributed by atoms with Crippen LogP contribution in [0.2, 0.25) is 0 Å². The van der Waals surface area contributed by atoms with Gasteiger partial charge in [0.05, 0.1) is 24.9 Å². The Bertz CT molecular complexity index is 609. The van der Waals surface area contributed by atoms with E-state index in [1.165, 1.54) is 24.1 Å². The Labute approximate surface area is 130 Å². The minimum Gasteiger partial charge on any atom is -0.383 e. The number of aromatic nitrogens is 2. The van der Waals surface area contributed by atoms with E-state index in [4.69, 9.17) is 9.84 Å². The lowest BCUT2D eigenvalue weighted by Crippen LogP contribution is -2.25. The Morgan fingerprint density at radius 3 is 2.95 bits per heavy atom. The summed E-state index contributed by atoms with van der Waals surface area (Å²) in [6.07, 6.45) is 5.50. The molecule has 2 aromatic rings. The van der Waals surface area contributed by atoms with Gasteiger partial charge in [0, 0.05) is 19.9 Å². The first-order valence-electron chi connectivity index (χ1n) is 7.79. The third-order valence-corrected chi connectivity index (χ3v) is 4.13. The van der Waals surface area contributed by atoms with Crippen LogP contribution in [0.15, 0.2) is 30.5 Å². The van der Waals surface area contributed by atoms with E-state index >= 15 is 0 Å². The summed E-state index contributed by atoms with van der Waals surface area (Å²) in [5.74, 6) is -0.194. The van der Waals surface area contributed by atoms with E-state index in [1.807, 2.05) is 16.8 Å². The van der Waals surface area contributed by atoms with Gasteiger partial charge in [-0.05, 0) is 42.5 Å². The SMILES string of the molecule is COCCn1cc2c(n1)[C@@H](NCc1ccc(F)cc1)CCC2. The van der Waals surface area contributed by atoms with Crippen LogP contribution in [0.1, 0.15) is 35.7 Å². The number of benzene rings is 1. The fourth-order valence-corrected chi connectivity index (χ4v) is 2.94. The molecule has 1 aromatic carbocycles. The van der Waals surface area contributed by atoms with E-state index in [0.717, 1.165) is 37.2 Å². The molecule has 0 saturated carbocycles. The number of ether oxygens (including phenoxy) is 1. The van der Waals surface area contributed by atoms with Gasteiger partial charge in [-0.25, -0.2) is 4.39 Å². The van der Waals surface area contributed by atoms with Crippen LogP contribution in [0, 0.1) is 5.82 Å². The number of rotatable bonds is 6. The number of halogens is 1. The summed E-state index contributed by atoms with van der Waals surface area (Å²) in [6.45, 7) is 2.19. The molecule has 1 atom stereocenters.